The molecule has 0 aliphatic carbocycles. The Morgan fingerprint density at radius 1 is 0.882 bits per heavy atom. The molecule has 0 fully saturated rings. The summed E-state index contributed by atoms with van der Waals surface area (Å²) in [5.74, 6) is -1.66. The van der Waals surface area contributed by atoms with Crippen molar-refractivity contribution in [1.29, 1.82) is 0 Å². The molecule has 0 aromatic heterocycles. The molecule has 0 amide bonds. The molecule has 0 spiro atoms. The van der Waals surface area contributed by atoms with Gasteiger partial charge in [-0.15, -0.1) is 0 Å². The summed E-state index contributed by atoms with van der Waals surface area (Å²) in [6.45, 7) is 0. The van der Waals surface area contributed by atoms with E-state index in [1.54, 1.807) is 6.08 Å². The first-order valence-corrected chi connectivity index (χ1v) is 5.91. The smallest absolute Gasteiger partial charge is 0.328 e. The molecule has 0 saturated heterocycles. The van der Waals surface area contributed by atoms with E-state index in [0.29, 0.717) is 0 Å². The highest BCUT2D eigenvalue weighted by atomic mass is 16.4. The molecule has 0 unspecified atom stereocenters. The minimum Gasteiger partial charge on any atom is -0.481 e. The van der Waals surface area contributed by atoms with Crippen molar-refractivity contribution in [3.63, 3.8) is 0 Å². The zero-order valence-corrected chi connectivity index (χ0v) is 9.97. The first kappa shape index (κ1) is 15.4. The average Bonchev–Trinajstić information content (AvgIpc) is 2.25. The summed E-state index contributed by atoms with van der Waals surface area (Å²) in [4.78, 5) is 20.3. The third-order valence-corrected chi connectivity index (χ3v) is 2.25. The molecule has 0 aromatic rings. The van der Waals surface area contributed by atoms with Gasteiger partial charge in [0.05, 0.1) is 0 Å². The maximum atomic E-state index is 10.2. The normalized spacial score (nSPS) is 11.3. The van der Waals surface area contributed by atoms with Crippen molar-refractivity contribution in [3.05, 3.63) is 24.3 Å². The van der Waals surface area contributed by atoms with Crippen molar-refractivity contribution in [2.45, 2.75) is 44.9 Å². The van der Waals surface area contributed by atoms with Gasteiger partial charge in [0.25, 0.3) is 0 Å². The van der Waals surface area contributed by atoms with Crippen molar-refractivity contribution < 1.29 is 19.8 Å². The standard InChI is InChI=1S/C13H20O4/c14-12(15)10-8-6-4-2-1-3-5-7-9-11-13(16)17/h4,6,8,10H,1-3,5,7,9,11H2,(H,14,15)(H,16,17)/b6-4+,10-8+. The SMILES string of the molecule is O=C(O)/C=C/C=C/CCCCCCCC(=O)O. The minimum atomic E-state index is -0.937. The number of hydrogen-bond acceptors (Lipinski definition) is 2. The molecule has 0 aromatic carbocycles. The lowest BCUT2D eigenvalue weighted by atomic mass is 10.1. The second-order valence-electron chi connectivity index (χ2n) is 3.83. The van der Waals surface area contributed by atoms with Gasteiger partial charge in [-0.2, -0.15) is 0 Å². The lowest BCUT2D eigenvalue weighted by Gasteiger charge is -1.97. The summed E-state index contributed by atoms with van der Waals surface area (Å²) >= 11 is 0. The van der Waals surface area contributed by atoms with Crippen LogP contribution in [0.3, 0.4) is 0 Å². The van der Waals surface area contributed by atoms with Crippen LogP contribution in [0.15, 0.2) is 24.3 Å². The van der Waals surface area contributed by atoms with E-state index >= 15 is 0 Å². The topological polar surface area (TPSA) is 74.6 Å². The van der Waals surface area contributed by atoms with Gasteiger partial charge in [0.1, 0.15) is 0 Å². The maximum absolute atomic E-state index is 10.2. The van der Waals surface area contributed by atoms with Crippen LogP contribution >= 0.6 is 0 Å². The number of carboxylic acids is 2. The van der Waals surface area contributed by atoms with Gasteiger partial charge in [-0.25, -0.2) is 4.79 Å². The van der Waals surface area contributed by atoms with E-state index in [0.717, 1.165) is 44.6 Å². The molecule has 0 saturated carbocycles. The molecular weight excluding hydrogens is 220 g/mol. The Bertz CT molecular complexity index is 279. The Balaban J connectivity index is 3.23. The Morgan fingerprint density at radius 2 is 1.53 bits per heavy atom. The van der Waals surface area contributed by atoms with E-state index < -0.39 is 11.9 Å². The summed E-state index contributed by atoms with van der Waals surface area (Å²) in [6.07, 6.45) is 12.4. The molecule has 0 atom stereocenters. The number of allylic oxidation sites excluding steroid dienone is 3. The summed E-state index contributed by atoms with van der Waals surface area (Å²) in [5, 5.41) is 16.7. The van der Waals surface area contributed by atoms with E-state index in [-0.39, 0.29) is 6.42 Å². The second kappa shape index (κ2) is 10.9. The predicted octanol–water partition coefficient (Wildman–Crippen LogP) is 3.00. The van der Waals surface area contributed by atoms with Crippen molar-refractivity contribution in [2.24, 2.45) is 0 Å². The van der Waals surface area contributed by atoms with E-state index in [9.17, 15) is 9.59 Å². The van der Waals surface area contributed by atoms with Crippen LogP contribution in [0, 0.1) is 0 Å². The first-order valence-electron chi connectivity index (χ1n) is 5.91. The summed E-state index contributed by atoms with van der Waals surface area (Å²) < 4.78 is 0. The lowest BCUT2D eigenvalue weighted by Crippen LogP contribution is -1.93. The third-order valence-electron chi connectivity index (χ3n) is 2.25. The van der Waals surface area contributed by atoms with E-state index in [2.05, 4.69) is 0 Å². The Labute approximate surface area is 102 Å². The van der Waals surface area contributed by atoms with Gasteiger partial charge in [0, 0.05) is 12.5 Å². The number of aliphatic carboxylic acids is 2. The van der Waals surface area contributed by atoms with Gasteiger partial charge in [-0.3, -0.25) is 4.79 Å². The fraction of sp³-hybridized carbons (Fsp3) is 0.538. The fourth-order valence-electron chi connectivity index (χ4n) is 1.38. The lowest BCUT2D eigenvalue weighted by molar-refractivity contribution is -0.137. The second-order valence-corrected chi connectivity index (χ2v) is 3.83. The van der Waals surface area contributed by atoms with Gasteiger partial charge >= 0.3 is 11.9 Å². The number of hydrogen-bond donors (Lipinski definition) is 2. The van der Waals surface area contributed by atoms with Crippen molar-refractivity contribution in [1.82, 2.24) is 0 Å². The predicted molar refractivity (Wildman–Crippen MR) is 65.9 cm³/mol. The molecule has 0 heterocycles. The number of rotatable bonds is 10. The highest BCUT2D eigenvalue weighted by molar-refractivity contribution is 5.80. The van der Waals surface area contributed by atoms with Crippen LogP contribution in [0.4, 0.5) is 0 Å². The molecule has 17 heavy (non-hydrogen) atoms. The van der Waals surface area contributed by atoms with Crippen molar-refractivity contribution in [3.8, 4) is 0 Å². The maximum Gasteiger partial charge on any atom is 0.328 e. The van der Waals surface area contributed by atoms with E-state index in [4.69, 9.17) is 10.2 Å². The Morgan fingerprint density at radius 3 is 2.18 bits per heavy atom. The zero-order chi connectivity index (χ0) is 12.9. The average molecular weight is 240 g/mol. The summed E-state index contributed by atoms with van der Waals surface area (Å²) in [7, 11) is 0. The highest BCUT2D eigenvalue weighted by Gasteiger charge is 1.95. The quantitative estimate of drug-likeness (QED) is 0.349. The first-order chi connectivity index (χ1) is 8.13. The largest absolute Gasteiger partial charge is 0.481 e. The van der Waals surface area contributed by atoms with Crippen LogP contribution in [-0.4, -0.2) is 22.2 Å². The summed E-state index contributed by atoms with van der Waals surface area (Å²) in [5.41, 5.74) is 0. The van der Waals surface area contributed by atoms with Crippen molar-refractivity contribution in [2.75, 3.05) is 0 Å². The number of carboxylic acid groups (broad SMARTS) is 2. The molecule has 0 rings (SSSR count). The highest BCUT2D eigenvalue weighted by Crippen LogP contribution is 2.07. The summed E-state index contributed by atoms with van der Waals surface area (Å²) in [6, 6.07) is 0. The van der Waals surface area contributed by atoms with Crippen LogP contribution in [0.2, 0.25) is 0 Å². The van der Waals surface area contributed by atoms with Gasteiger partial charge < -0.3 is 10.2 Å². The molecule has 0 aliphatic heterocycles. The van der Waals surface area contributed by atoms with Crippen LogP contribution in [0.5, 0.6) is 0 Å². The zero-order valence-electron chi connectivity index (χ0n) is 9.97. The molecule has 4 heteroatoms. The number of unbranched alkanes of at least 4 members (excludes halogenated alkanes) is 5. The molecule has 0 bridgehead atoms. The molecule has 96 valence electrons. The minimum absolute atomic E-state index is 0.264. The van der Waals surface area contributed by atoms with E-state index in [1.165, 1.54) is 6.08 Å². The van der Waals surface area contributed by atoms with Gasteiger partial charge in [-0.05, 0) is 19.3 Å². The number of carbonyl (C=O) groups is 2. The van der Waals surface area contributed by atoms with Gasteiger partial charge in [0.15, 0.2) is 0 Å². The molecule has 4 nitrogen and oxygen atoms in total. The van der Waals surface area contributed by atoms with Gasteiger partial charge in [-0.1, -0.05) is 37.5 Å². The van der Waals surface area contributed by atoms with Crippen molar-refractivity contribution >= 4 is 11.9 Å². The van der Waals surface area contributed by atoms with Crippen LogP contribution in [0.1, 0.15) is 44.9 Å². The Hall–Kier alpha value is -1.58. The molecule has 0 aliphatic rings. The van der Waals surface area contributed by atoms with E-state index in [1.807, 2.05) is 6.08 Å². The monoisotopic (exact) mass is 240 g/mol. The van der Waals surface area contributed by atoms with Gasteiger partial charge in [0.2, 0.25) is 0 Å². The third kappa shape index (κ3) is 14.4. The molecular formula is C13H20O4. The Kier molecular flexibility index (Phi) is 9.91. The van der Waals surface area contributed by atoms with Crippen LogP contribution < -0.4 is 0 Å². The molecule has 2 N–H and O–H groups in total. The van der Waals surface area contributed by atoms with Crippen LogP contribution in [-0.2, 0) is 9.59 Å². The molecule has 0 radical (unpaired) electrons. The van der Waals surface area contributed by atoms with Crippen LogP contribution in [0.25, 0.3) is 0 Å². The fourth-order valence-corrected chi connectivity index (χ4v) is 1.38.